The minimum atomic E-state index is -0.0803. The molecule has 1 nitrogen and oxygen atoms in total. The van der Waals surface area contributed by atoms with E-state index < -0.39 is 0 Å². The lowest BCUT2D eigenvalue weighted by Gasteiger charge is -2.00. The van der Waals surface area contributed by atoms with Gasteiger partial charge in [0.15, 0.2) is 0 Å². The molecule has 0 aliphatic heterocycles. The summed E-state index contributed by atoms with van der Waals surface area (Å²) in [7, 11) is -0.0803. The van der Waals surface area contributed by atoms with E-state index in [0.717, 1.165) is 12.6 Å². The van der Waals surface area contributed by atoms with Crippen LogP contribution in [0.5, 0.6) is 0 Å². The first-order valence-electron chi connectivity index (χ1n) is 6.26. The zero-order valence-electron chi connectivity index (χ0n) is 9.69. The van der Waals surface area contributed by atoms with Gasteiger partial charge in [0.05, 0.1) is 0 Å². The number of hydrogen-bond acceptors (Lipinski definition) is 1. The van der Waals surface area contributed by atoms with Gasteiger partial charge in [-0.25, -0.2) is 0 Å². The Morgan fingerprint density at radius 1 is 0.714 bits per heavy atom. The van der Waals surface area contributed by atoms with Crippen LogP contribution in [0.4, 0.5) is 0 Å². The van der Waals surface area contributed by atoms with Crippen molar-refractivity contribution in [2.45, 2.75) is 71.1 Å². The van der Waals surface area contributed by atoms with Crippen LogP contribution in [-0.4, -0.2) is 6.16 Å². The molecule has 2 heteroatoms. The molecule has 0 saturated heterocycles. The fourth-order valence-electron chi connectivity index (χ4n) is 1.68. The van der Waals surface area contributed by atoms with Crippen molar-refractivity contribution in [2.75, 3.05) is 6.16 Å². The lowest BCUT2D eigenvalue weighted by molar-refractivity contribution is 0.560. The largest absolute Gasteiger partial charge is 0.324 e. The van der Waals surface area contributed by atoms with E-state index in [1.54, 1.807) is 0 Å². The third-order valence-corrected chi connectivity index (χ3v) is 3.19. The SMILES string of the molecule is CCCCCCCCCCCC[PH+]=O. The van der Waals surface area contributed by atoms with Gasteiger partial charge in [-0.1, -0.05) is 62.9 Å². The first-order chi connectivity index (χ1) is 6.91. The molecule has 0 amide bonds. The summed E-state index contributed by atoms with van der Waals surface area (Å²) in [5, 5.41) is 0. The second kappa shape index (κ2) is 13.1. The Labute approximate surface area is 90.9 Å². The van der Waals surface area contributed by atoms with Crippen molar-refractivity contribution in [2.24, 2.45) is 0 Å². The summed E-state index contributed by atoms with van der Waals surface area (Å²) in [5.41, 5.74) is 0. The summed E-state index contributed by atoms with van der Waals surface area (Å²) in [6, 6.07) is 0. The van der Waals surface area contributed by atoms with Crippen molar-refractivity contribution in [1.29, 1.82) is 0 Å². The molecule has 0 N–H and O–H groups in total. The molecule has 14 heavy (non-hydrogen) atoms. The van der Waals surface area contributed by atoms with Gasteiger partial charge in [-0.15, -0.1) is 0 Å². The molecule has 0 aromatic heterocycles. The Bertz CT molecular complexity index is 115. The van der Waals surface area contributed by atoms with Crippen molar-refractivity contribution in [1.82, 2.24) is 0 Å². The maximum Gasteiger partial charge on any atom is 0.324 e. The highest BCUT2D eigenvalue weighted by Crippen LogP contribution is 2.11. The molecule has 0 spiro atoms. The van der Waals surface area contributed by atoms with Gasteiger partial charge in [0, 0.05) is 0 Å². The van der Waals surface area contributed by atoms with Crippen LogP contribution in [0.2, 0.25) is 0 Å². The second-order valence-electron chi connectivity index (χ2n) is 4.08. The van der Waals surface area contributed by atoms with Crippen molar-refractivity contribution < 1.29 is 4.57 Å². The van der Waals surface area contributed by atoms with Gasteiger partial charge >= 0.3 is 8.46 Å². The van der Waals surface area contributed by atoms with E-state index in [0.29, 0.717) is 0 Å². The lowest BCUT2D eigenvalue weighted by atomic mass is 10.1. The summed E-state index contributed by atoms with van der Waals surface area (Å²) in [6.45, 7) is 2.26. The molecular formula is C12H26OP+. The topological polar surface area (TPSA) is 17.1 Å². The molecule has 1 unspecified atom stereocenters. The lowest BCUT2D eigenvalue weighted by Crippen LogP contribution is -1.82. The molecule has 0 aromatic carbocycles. The maximum absolute atomic E-state index is 10.2. The van der Waals surface area contributed by atoms with E-state index in [-0.39, 0.29) is 8.46 Å². The molecular weight excluding hydrogens is 191 g/mol. The molecule has 0 aromatic rings. The molecule has 0 rings (SSSR count). The minimum absolute atomic E-state index is 0.0803. The summed E-state index contributed by atoms with van der Waals surface area (Å²) in [5.74, 6) is 0. The Hall–Kier alpha value is 0.100. The van der Waals surface area contributed by atoms with Crippen LogP contribution < -0.4 is 0 Å². The van der Waals surface area contributed by atoms with Crippen LogP contribution in [0.25, 0.3) is 0 Å². The predicted octanol–water partition coefficient (Wildman–Crippen LogP) is 4.93. The Morgan fingerprint density at radius 2 is 1.14 bits per heavy atom. The van der Waals surface area contributed by atoms with Gasteiger partial charge in [-0.05, 0) is 12.8 Å². The quantitative estimate of drug-likeness (QED) is 0.354. The van der Waals surface area contributed by atoms with E-state index in [2.05, 4.69) is 6.92 Å². The van der Waals surface area contributed by atoms with Gasteiger partial charge < -0.3 is 0 Å². The van der Waals surface area contributed by atoms with E-state index in [1.807, 2.05) is 0 Å². The molecule has 0 saturated carbocycles. The van der Waals surface area contributed by atoms with Gasteiger partial charge in [0.1, 0.15) is 6.16 Å². The van der Waals surface area contributed by atoms with E-state index in [1.165, 1.54) is 57.8 Å². The van der Waals surface area contributed by atoms with Crippen LogP contribution in [0.15, 0.2) is 0 Å². The fourth-order valence-corrected chi connectivity index (χ4v) is 2.08. The van der Waals surface area contributed by atoms with Crippen molar-refractivity contribution >= 4 is 8.46 Å². The number of hydrogen-bond donors (Lipinski definition) is 0. The Balaban J connectivity index is 2.81. The second-order valence-corrected chi connectivity index (χ2v) is 4.86. The highest BCUT2D eigenvalue weighted by Gasteiger charge is 1.94. The monoisotopic (exact) mass is 217 g/mol. The first kappa shape index (κ1) is 14.1. The Morgan fingerprint density at radius 3 is 1.57 bits per heavy atom. The van der Waals surface area contributed by atoms with Crippen molar-refractivity contribution in [3.05, 3.63) is 0 Å². The molecule has 0 heterocycles. The molecule has 0 aliphatic carbocycles. The molecule has 0 bridgehead atoms. The molecule has 0 fully saturated rings. The van der Waals surface area contributed by atoms with Crippen molar-refractivity contribution in [3.8, 4) is 0 Å². The number of rotatable bonds is 11. The smallest absolute Gasteiger partial charge is 0.0775 e. The highest BCUT2D eigenvalue weighted by molar-refractivity contribution is 7.23. The average molecular weight is 217 g/mol. The van der Waals surface area contributed by atoms with E-state index in [9.17, 15) is 4.57 Å². The van der Waals surface area contributed by atoms with Gasteiger partial charge in [-0.3, -0.25) is 0 Å². The van der Waals surface area contributed by atoms with Gasteiger partial charge in [0.25, 0.3) is 0 Å². The molecule has 0 aliphatic rings. The van der Waals surface area contributed by atoms with Gasteiger partial charge in [0.2, 0.25) is 0 Å². The third kappa shape index (κ3) is 12.1. The van der Waals surface area contributed by atoms with E-state index in [4.69, 9.17) is 0 Å². The summed E-state index contributed by atoms with van der Waals surface area (Å²) in [6.07, 6.45) is 14.5. The highest BCUT2D eigenvalue weighted by atomic mass is 31.1. The molecule has 84 valence electrons. The van der Waals surface area contributed by atoms with Crippen LogP contribution >= 0.6 is 8.46 Å². The standard InChI is InChI=1S/C12H25OP/c1-2-3-4-5-6-7-8-9-10-11-12-14-13/h2-12H2,1H3/p+1. The minimum Gasteiger partial charge on any atom is -0.0775 e. The van der Waals surface area contributed by atoms with Crippen LogP contribution in [-0.2, 0) is 4.57 Å². The van der Waals surface area contributed by atoms with Crippen molar-refractivity contribution in [3.63, 3.8) is 0 Å². The third-order valence-electron chi connectivity index (χ3n) is 2.63. The van der Waals surface area contributed by atoms with Crippen LogP contribution in [0.1, 0.15) is 71.1 Å². The van der Waals surface area contributed by atoms with Gasteiger partial charge in [-0.2, -0.15) is 0 Å². The Kier molecular flexibility index (Phi) is 13.2. The first-order valence-corrected chi connectivity index (χ1v) is 7.38. The number of unbranched alkanes of at least 4 members (excludes halogenated alkanes) is 9. The van der Waals surface area contributed by atoms with Crippen LogP contribution in [0, 0.1) is 0 Å². The summed E-state index contributed by atoms with van der Waals surface area (Å²) < 4.78 is 10.2. The fraction of sp³-hybridized carbons (Fsp3) is 1.00. The average Bonchev–Trinajstić information content (AvgIpc) is 2.21. The summed E-state index contributed by atoms with van der Waals surface area (Å²) >= 11 is 0. The van der Waals surface area contributed by atoms with E-state index >= 15 is 0 Å². The summed E-state index contributed by atoms with van der Waals surface area (Å²) in [4.78, 5) is 0. The maximum atomic E-state index is 10.2. The predicted molar refractivity (Wildman–Crippen MR) is 65.7 cm³/mol. The normalized spacial score (nSPS) is 10.9. The van der Waals surface area contributed by atoms with Crippen LogP contribution in [0.3, 0.4) is 0 Å². The molecule has 0 radical (unpaired) electrons. The zero-order chi connectivity index (χ0) is 10.5. The molecule has 1 atom stereocenters. The zero-order valence-corrected chi connectivity index (χ0v) is 10.7.